The van der Waals surface area contributed by atoms with Gasteiger partial charge in [0.1, 0.15) is 17.6 Å². The Morgan fingerprint density at radius 2 is 1.70 bits per heavy atom. The summed E-state index contributed by atoms with van der Waals surface area (Å²) in [6.07, 6.45) is 0. The molecule has 184 valence electrons. The Labute approximate surface area is 217 Å². The van der Waals surface area contributed by atoms with Crippen LogP contribution in [0.15, 0.2) is 84.9 Å². The molecule has 8 heteroatoms. The van der Waals surface area contributed by atoms with E-state index < -0.39 is 17.7 Å². The van der Waals surface area contributed by atoms with Gasteiger partial charge in [0.25, 0.3) is 5.91 Å². The van der Waals surface area contributed by atoms with Crippen molar-refractivity contribution >= 4 is 23.5 Å². The highest BCUT2D eigenvalue weighted by Gasteiger charge is 2.20. The Balaban J connectivity index is 1.69. The molecule has 0 atom stereocenters. The van der Waals surface area contributed by atoms with E-state index in [2.05, 4.69) is 11.4 Å². The molecule has 0 aromatic heterocycles. The SMILES string of the molecule is COC(=O)c1ccc(CNC(=O)c2cc(-c3cccc(Cl)c3)cc(C#N)c2Oc2ccc(F)cc2)cc1. The van der Waals surface area contributed by atoms with Gasteiger partial charge < -0.3 is 14.8 Å². The summed E-state index contributed by atoms with van der Waals surface area (Å²) in [7, 11) is 1.30. The molecular weight excluding hydrogens is 495 g/mol. The Hall–Kier alpha value is -4.67. The van der Waals surface area contributed by atoms with Gasteiger partial charge in [0.15, 0.2) is 5.75 Å². The standard InChI is InChI=1S/C29H20ClFN2O4/c1-36-29(35)19-7-5-18(6-8-19)17-33-28(34)26-15-21(20-3-2-4-23(30)14-20)13-22(16-32)27(26)37-25-11-9-24(31)10-12-25/h2-15H,17H2,1H3,(H,33,34). The summed E-state index contributed by atoms with van der Waals surface area (Å²) in [4.78, 5) is 25.0. The molecule has 0 saturated carbocycles. The van der Waals surface area contributed by atoms with E-state index in [9.17, 15) is 19.2 Å². The average molecular weight is 515 g/mol. The zero-order chi connectivity index (χ0) is 26.4. The maximum Gasteiger partial charge on any atom is 0.337 e. The van der Waals surface area contributed by atoms with Crippen LogP contribution in [0.3, 0.4) is 0 Å². The van der Waals surface area contributed by atoms with Gasteiger partial charge in [0.2, 0.25) is 0 Å². The van der Waals surface area contributed by atoms with Gasteiger partial charge in [-0.15, -0.1) is 0 Å². The molecule has 0 aliphatic rings. The monoisotopic (exact) mass is 514 g/mol. The summed E-state index contributed by atoms with van der Waals surface area (Å²) in [5.74, 6) is -1.09. The Kier molecular flexibility index (Phi) is 7.82. The van der Waals surface area contributed by atoms with Crippen LogP contribution in [0.2, 0.25) is 5.02 Å². The van der Waals surface area contributed by atoms with Crippen molar-refractivity contribution in [2.45, 2.75) is 6.54 Å². The minimum atomic E-state index is -0.491. The number of nitrogens with zero attached hydrogens (tertiary/aromatic N) is 1. The molecule has 0 heterocycles. The first kappa shape index (κ1) is 25.4. The van der Waals surface area contributed by atoms with Gasteiger partial charge in [-0.05, 0) is 77.4 Å². The third kappa shape index (κ3) is 6.13. The fourth-order valence-corrected chi connectivity index (χ4v) is 3.79. The van der Waals surface area contributed by atoms with E-state index in [1.54, 1.807) is 54.6 Å². The Morgan fingerprint density at radius 3 is 2.35 bits per heavy atom. The fraction of sp³-hybridized carbons (Fsp3) is 0.0690. The molecule has 0 radical (unpaired) electrons. The number of carbonyl (C=O) groups excluding carboxylic acids is 2. The molecule has 0 aliphatic carbocycles. The number of hydrogen-bond acceptors (Lipinski definition) is 5. The van der Waals surface area contributed by atoms with Crippen LogP contribution in [0.1, 0.15) is 31.8 Å². The quantitative estimate of drug-likeness (QED) is 0.283. The van der Waals surface area contributed by atoms with Crippen molar-refractivity contribution < 1.29 is 23.5 Å². The lowest BCUT2D eigenvalue weighted by atomic mass is 9.98. The van der Waals surface area contributed by atoms with Crippen LogP contribution < -0.4 is 10.1 Å². The third-order valence-corrected chi connectivity index (χ3v) is 5.71. The largest absolute Gasteiger partial charge is 0.465 e. The van der Waals surface area contributed by atoms with E-state index in [1.165, 1.54) is 31.4 Å². The summed E-state index contributed by atoms with van der Waals surface area (Å²) < 4.78 is 24.0. The summed E-state index contributed by atoms with van der Waals surface area (Å²) in [6, 6.07) is 24.2. The van der Waals surface area contributed by atoms with Crippen LogP contribution in [0.4, 0.5) is 4.39 Å². The number of nitrogens with one attached hydrogen (secondary N) is 1. The highest BCUT2D eigenvalue weighted by atomic mass is 35.5. The van der Waals surface area contributed by atoms with Gasteiger partial charge in [-0.3, -0.25) is 4.79 Å². The van der Waals surface area contributed by atoms with Crippen LogP contribution >= 0.6 is 11.6 Å². The van der Waals surface area contributed by atoms with E-state index in [-0.39, 0.29) is 29.2 Å². The second kappa shape index (κ2) is 11.4. The highest BCUT2D eigenvalue weighted by Crippen LogP contribution is 2.35. The molecule has 0 unspecified atom stereocenters. The van der Waals surface area contributed by atoms with Crippen molar-refractivity contribution in [2.24, 2.45) is 0 Å². The molecule has 0 fully saturated rings. The first-order chi connectivity index (χ1) is 17.9. The van der Waals surface area contributed by atoms with E-state index in [0.29, 0.717) is 21.7 Å². The smallest absolute Gasteiger partial charge is 0.337 e. The molecule has 1 N–H and O–H groups in total. The van der Waals surface area contributed by atoms with E-state index >= 15 is 0 Å². The van der Waals surface area contributed by atoms with Crippen molar-refractivity contribution in [2.75, 3.05) is 7.11 Å². The summed E-state index contributed by atoms with van der Waals surface area (Å²) >= 11 is 6.15. The van der Waals surface area contributed by atoms with Crippen LogP contribution in [0.5, 0.6) is 11.5 Å². The molecule has 0 bridgehead atoms. The summed E-state index contributed by atoms with van der Waals surface area (Å²) in [5.41, 5.74) is 2.68. The van der Waals surface area contributed by atoms with E-state index in [0.717, 1.165) is 5.56 Å². The third-order valence-electron chi connectivity index (χ3n) is 5.47. The summed E-state index contributed by atoms with van der Waals surface area (Å²) in [5, 5.41) is 13.2. The molecule has 0 saturated heterocycles. The van der Waals surface area contributed by atoms with Gasteiger partial charge in [0, 0.05) is 11.6 Å². The Morgan fingerprint density at radius 1 is 0.973 bits per heavy atom. The molecule has 4 aromatic carbocycles. The average Bonchev–Trinajstić information content (AvgIpc) is 2.92. The molecule has 4 aromatic rings. The van der Waals surface area contributed by atoms with E-state index in [1.807, 2.05) is 6.07 Å². The van der Waals surface area contributed by atoms with Gasteiger partial charge in [0.05, 0.1) is 23.8 Å². The predicted octanol–water partition coefficient (Wildman–Crippen LogP) is 6.53. The molecular formula is C29H20ClFN2O4. The lowest BCUT2D eigenvalue weighted by molar-refractivity contribution is 0.0600. The molecule has 0 aliphatic heterocycles. The van der Waals surface area contributed by atoms with Crippen molar-refractivity contribution in [1.29, 1.82) is 5.26 Å². The zero-order valence-corrected chi connectivity index (χ0v) is 20.4. The van der Waals surface area contributed by atoms with Gasteiger partial charge in [-0.2, -0.15) is 5.26 Å². The van der Waals surface area contributed by atoms with Crippen LogP contribution in [-0.4, -0.2) is 19.0 Å². The number of esters is 1. The van der Waals surface area contributed by atoms with Crippen LogP contribution in [0, 0.1) is 17.1 Å². The van der Waals surface area contributed by atoms with E-state index in [4.69, 9.17) is 21.1 Å². The lowest BCUT2D eigenvalue weighted by Gasteiger charge is -2.15. The second-order valence-corrected chi connectivity index (χ2v) is 8.39. The number of hydrogen-bond donors (Lipinski definition) is 1. The highest BCUT2D eigenvalue weighted by molar-refractivity contribution is 6.30. The lowest BCUT2D eigenvalue weighted by Crippen LogP contribution is -2.23. The Bertz CT molecular complexity index is 1500. The maximum absolute atomic E-state index is 13.4. The van der Waals surface area contributed by atoms with Crippen molar-refractivity contribution in [3.8, 4) is 28.7 Å². The number of carbonyl (C=O) groups is 2. The predicted molar refractivity (Wildman–Crippen MR) is 137 cm³/mol. The maximum atomic E-state index is 13.4. The molecule has 37 heavy (non-hydrogen) atoms. The number of nitriles is 1. The van der Waals surface area contributed by atoms with Crippen LogP contribution in [0.25, 0.3) is 11.1 Å². The fourth-order valence-electron chi connectivity index (χ4n) is 3.60. The van der Waals surface area contributed by atoms with Crippen molar-refractivity contribution in [1.82, 2.24) is 5.32 Å². The van der Waals surface area contributed by atoms with Crippen molar-refractivity contribution in [3.63, 3.8) is 0 Å². The number of ether oxygens (including phenoxy) is 2. The second-order valence-electron chi connectivity index (χ2n) is 7.95. The van der Waals surface area contributed by atoms with Gasteiger partial charge in [-0.1, -0.05) is 35.9 Å². The molecule has 1 amide bonds. The number of benzene rings is 4. The number of amides is 1. The topological polar surface area (TPSA) is 88.4 Å². The molecule has 4 rings (SSSR count). The number of rotatable bonds is 7. The first-order valence-corrected chi connectivity index (χ1v) is 11.5. The zero-order valence-electron chi connectivity index (χ0n) is 19.6. The summed E-state index contributed by atoms with van der Waals surface area (Å²) in [6.45, 7) is 0.152. The van der Waals surface area contributed by atoms with Gasteiger partial charge in [-0.25, -0.2) is 9.18 Å². The minimum Gasteiger partial charge on any atom is -0.465 e. The number of methoxy groups -OCH3 is 1. The normalized spacial score (nSPS) is 10.3. The minimum absolute atomic E-state index is 0.0402. The molecule has 0 spiro atoms. The van der Waals surface area contributed by atoms with Crippen LogP contribution in [-0.2, 0) is 11.3 Å². The van der Waals surface area contributed by atoms with Crippen molar-refractivity contribution in [3.05, 3.63) is 118 Å². The molecule has 6 nitrogen and oxygen atoms in total. The van der Waals surface area contributed by atoms with Gasteiger partial charge >= 0.3 is 5.97 Å². The number of halogens is 2. The first-order valence-electron chi connectivity index (χ1n) is 11.1.